The number of nitrogen functional groups attached to an aromatic ring is 1. The molecule has 30 heavy (non-hydrogen) atoms. The molecule has 8 heteroatoms. The predicted octanol–water partition coefficient (Wildman–Crippen LogP) is 2.68. The molecule has 8 nitrogen and oxygen atoms in total. The van der Waals surface area contributed by atoms with Crippen molar-refractivity contribution in [1.29, 1.82) is 5.41 Å². The van der Waals surface area contributed by atoms with E-state index < -0.39 is 6.04 Å². The van der Waals surface area contributed by atoms with Gasteiger partial charge in [0.25, 0.3) is 0 Å². The molecule has 3 rings (SSSR count). The van der Waals surface area contributed by atoms with Crippen LogP contribution in [0.1, 0.15) is 30.0 Å². The number of rotatable bonds is 10. The molecule has 0 radical (unpaired) electrons. The van der Waals surface area contributed by atoms with Gasteiger partial charge in [-0.15, -0.1) is 0 Å². The normalized spacial score (nSPS) is 13.8. The molecule has 0 bridgehead atoms. The quantitative estimate of drug-likeness (QED) is 0.352. The van der Waals surface area contributed by atoms with E-state index in [1.54, 1.807) is 36.4 Å². The van der Waals surface area contributed by atoms with Crippen LogP contribution in [0.5, 0.6) is 17.2 Å². The molecular formula is C22H28N4O4. The molecule has 0 spiro atoms. The number of carbonyl (C=O) groups is 1. The lowest BCUT2D eigenvalue weighted by molar-refractivity contribution is -0.122. The minimum absolute atomic E-state index is 0.00935. The zero-order valence-corrected chi connectivity index (χ0v) is 17.5. The van der Waals surface area contributed by atoms with Gasteiger partial charge < -0.3 is 30.6 Å². The molecular weight excluding hydrogens is 384 g/mol. The first-order valence-corrected chi connectivity index (χ1v) is 9.75. The van der Waals surface area contributed by atoms with Gasteiger partial charge in [0.2, 0.25) is 11.7 Å². The van der Waals surface area contributed by atoms with Crippen molar-refractivity contribution in [2.45, 2.75) is 18.9 Å². The SMILES string of the molecule is COc1cc([C@@H](Nc2ccc(C(=N)N)cc2)C(=O)NCC2CC2)cc(OC)c1OC. The maximum atomic E-state index is 13.1. The number of carbonyl (C=O) groups excluding carboxylic acids is 1. The van der Waals surface area contributed by atoms with Gasteiger partial charge in [0, 0.05) is 17.8 Å². The number of nitrogens with two attached hydrogens (primary N) is 1. The number of hydrogen-bond acceptors (Lipinski definition) is 6. The molecule has 0 heterocycles. The van der Waals surface area contributed by atoms with Gasteiger partial charge in [0.05, 0.1) is 21.3 Å². The van der Waals surface area contributed by atoms with E-state index in [-0.39, 0.29) is 11.7 Å². The molecule has 0 unspecified atom stereocenters. The Morgan fingerprint density at radius 3 is 2.17 bits per heavy atom. The Morgan fingerprint density at radius 2 is 1.70 bits per heavy atom. The summed E-state index contributed by atoms with van der Waals surface area (Å²) in [5, 5.41) is 13.8. The second kappa shape index (κ2) is 9.39. The smallest absolute Gasteiger partial charge is 0.247 e. The molecule has 1 aliphatic rings. The van der Waals surface area contributed by atoms with Gasteiger partial charge in [0.15, 0.2) is 11.5 Å². The first-order chi connectivity index (χ1) is 14.5. The molecule has 5 N–H and O–H groups in total. The fourth-order valence-corrected chi connectivity index (χ4v) is 3.15. The van der Waals surface area contributed by atoms with Crippen molar-refractivity contribution >= 4 is 17.4 Å². The highest BCUT2D eigenvalue weighted by Crippen LogP contribution is 2.40. The van der Waals surface area contributed by atoms with E-state index in [9.17, 15) is 4.79 Å². The number of hydrogen-bond donors (Lipinski definition) is 4. The average molecular weight is 412 g/mol. The molecule has 1 fully saturated rings. The maximum Gasteiger partial charge on any atom is 0.247 e. The van der Waals surface area contributed by atoms with Gasteiger partial charge in [-0.1, -0.05) is 0 Å². The van der Waals surface area contributed by atoms with E-state index in [2.05, 4.69) is 10.6 Å². The average Bonchev–Trinajstić information content (AvgIpc) is 3.59. The Morgan fingerprint density at radius 1 is 1.10 bits per heavy atom. The molecule has 1 atom stereocenters. The van der Waals surface area contributed by atoms with Crippen LogP contribution in [-0.4, -0.2) is 39.6 Å². The van der Waals surface area contributed by atoms with Crippen molar-refractivity contribution in [3.05, 3.63) is 47.5 Å². The first kappa shape index (κ1) is 21.3. The van der Waals surface area contributed by atoms with Crippen LogP contribution in [0.3, 0.4) is 0 Å². The molecule has 2 aromatic rings. The van der Waals surface area contributed by atoms with Crippen LogP contribution in [0.15, 0.2) is 36.4 Å². The van der Waals surface area contributed by atoms with E-state index in [4.69, 9.17) is 25.4 Å². The molecule has 1 amide bonds. The second-order valence-corrected chi connectivity index (χ2v) is 7.22. The van der Waals surface area contributed by atoms with Crippen LogP contribution in [0.25, 0.3) is 0 Å². The molecule has 160 valence electrons. The van der Waals surface area contributed by atoms with Gasteiger partial charge >= 0.3 is 0 Å². The molecule has 1 saturated carbocycles. The fraction of sp³-hybridized carbons (Fsp3) is 0.364. The van der Waals surface area contributed by atoms with Crippen molar-refractivity contribution in [3.8, 4) is 17.2 Å². The zero-order valence-electron chi connectivity index (χ0n) is 17.5. The molecule has 0 saturated heterocycles. The van der Waals surface area contributed by atoms with Gasteiger partial charge in [-0.2, -0.15) is 0 Å². The van der Waals surface area contributed by atoms with Gasteiger partial charge in [-0.25, -0.2) is 0 Å². The summed E-state index contributed by atoms with van der Waals surface area (Å²) >= 11 is 0. The van der Waals surface area contributed by atoms with Crippen molar-refractivity contribution in [3.63, 3.8) is 0 Å². The predicted molar refractivity (Wildman–Crippen MR) is 116 cm³/mol. The third-order valence-electron chi connectivity index (χ3n) is 5.05. The summed E-state index contributed by atoms with van der Waals surface area (Å²) in [5.41, 5.74) is 7.54. The van der Waals surface area contributed by atoms with Gasteiger partial charge in [-0.3, -0.25) is 10.2 Å². The Labute approximate surface area is 176 Å². The first-order valence-electron chi connectivity index (χ1n) is 9.75. The van der Waals surface area contributed by atoms with Crippen molar-refractivity contribution in [2.75, 3.05) is 33.2 Å². The van der Waals surface area contributed by atoms with Gasteiger partial charge in [0.1, 0.15) is 11.9 Å². The summed E-state index contributed by atoms with van der Waals surface area (Å²) in [5.74, 6) is 1.81. The van der Waals surface area contributed by atoms with Crippen LogP contribution >= 0.6 is 0 Å². The molecule has 2 aromatic carbocycles. The summed E-state index contributed by atoms with van der Waals surface area (Å²) in [6, 6.07) is 9.89. The van der Waals surface area contributed by atoms with E-state index >= 15 is 0 Å². The third kappa shape index (κ3) is 4.94. The Bertz CT molecular complexity index is 885. The lowest BCUT2D eigenvalue weighted by Crippen LogP contribution is -2.34. The Hall–Kier alpha value is -3.42. The number of anilines is 1. The van der Waals surface area contributed by atoms with Crippen molar-refractivity contribution < 1.29 is 19.0 Å². The van der Waals surface area contributed by atoms with Crippen LogP contribution in [0.2, 0.25) is 0 Å². The number of nitrogens with one attached hydrogen (secondary N) is 3. The molecule has 1 aliphatic carbocycles. The number of amidine groups is 1. The zero-order chi connectivity index (χ0) is 21.7. The standard InChI is InChI=1S/C22H28N4O4/c1-28-17-10-15(11-18(29-2)20(17)30-3)19(22(27)25-12-13-4-5-13)26-16-8-6-14(7-9-16)21(23)24/h6-11,13,19,26H,4-5,12H2,1-3H3,(H3,23,24)(H,25,27)/t19-/m1/s1. The van der Waals surface area contributed by atoms with E-state index in [0.717, 1.165) is 18.5 Å². The highest BCUT2D eigenvalue weighted by atomic mass is 16.5. The number of amides is 1. The summed E-state index contributed by atoms with van der Waals surface area (Å²) in [6.45, 7) is 0.657. The monoisotopic (exact) mass is 412 g/mol. The topological polar surface area (TPSA) is 119 Å². The van der Waals surface area contributed by atoms with Crippen LogP contribution < -0.4 is 30.6 Å². The number of methoxy groups -OCH3 is 3. The third-order valence-corrected chi connectivity index (χ3v) is 5.05. The minimum atomic E-state index is -0.680. The Kier molecular flexibility index (Phi) is 6.66. The molecule has 0 aromatic heterocycles. The molecule has 0 aliphatic heterocycles. The largest absolute Gasteiger partial charge is 0.493 e. The lowest BCUT2D eigenvalue weighted by atomic mass is 10.0. The summed E-state index contributed by atoms with van der Waals surface area (Å²) in [6.07, 6.45) is 2.30. The van der Waals surface area contributed by atoms with E-state index in [0.29, 0.717) is 40.8 Å². The second-order valence-electron chi connectivity index (χ2n) is 7.22. The summed E-state index contributed by atoms with van der Waals surface area (Å²) in [4.78, 5) is 13.1. The minimum Gasteiger partial charge on any atom is -0.493 e. The summed E-state index contributed by atoms with van der Waals surface area (Å²) < 4.78 is 16.3. The van der Waals surface area contributed by atoms with Gasteiger partial charge in [-0.05, 0) is 60.7 Å². The van der Waals surface area contributed by atoms with Crippen LogP contribution in [0, 0.1) is 11.3 Å². The van der Waals surface area contributed by atoms with E-state index in [1.807, 2.05) is 0 Å². The highest BCUT2D eigenvalue weighted by Gasteiger charge is 2.27. The highest BCUT2D eigenvalue weighted by molar-refractivity contribution is 5.95. The fourth-order valence-electron chi connectivity index (χ4n) is 3.15. The number of ether oxygens (including phenoxy) is 3. The van der Waals surface area contributed by atoms with E-state index in [1.165, 1.54) is 21.3 Å². The number of benzene rings is 2. The maximum absolute atomic E-state index is 13.1. The summed E-state index contributed by atoms with van der Waals surface area (Å²) in [7, 11) is 4.61. The lowest BCUT2D eigenvalue weighted by Gasteiger charge is -2.22. The van der Waals surface area contributed by atoms with Crippen molar-refractivity contribution in [2.24, 2.45) is 11.7 Å². The Balaban J connectivity index is 1.93. The van der Waals surface area contributed by atoms with Crippen molar-refractivity contribution in [1.82, 2.24) is 5.32 Å². The van der Waals surface area contributed by atoms with Crippen LogP contribution in [0.4, 0.5) is 5.69 Å². The van der Waals surface area contributed by atoms with Crippen LogP contribution in [-0.2, 0) is 4.79 Å².